The molecule has 3 aliphatic carbocycles. The fourth-order valence-electron chi connectivity index (χ4n) is 5.15. The lowest BCUT2D eigenvalue weighted by Gasteiger charge is -2.38. The number of esters is 1. The summed E-state index contributed by atoms with van der Waals surface area (Å²) in [6.07, 6.45) is 5.34. The number of nitrogens with zero attached hydrogens (tertiary/aromatic N) is 2. The van der Waals surface area contributed by atoms with Crippen LogP contribution in [0.5, 0.6) is 0 Å². The maximum absolute atomic E-state index is 12.5. The van der Waals surface area contributed by atoms with E-state index in [4.69, 9.17) is 4.74 Å². The first-order valence-electron chi connectivity index (χ1n) is 8.55. The zero-order valence-corrected chi connectivity index (χ0v) is 13.5. The van der Waals surface area contributed by atoms with Crippen LogP contribution in [0.2, 0.25) is 0 Å². The zero-order chi connectivity index (χ0) is 17.7. The van der Waals surface area contributed by atoms with Crippen LogP contribution in [0, 0.1) is 43.9 Å². The van der Waals surface area contributed by atoms with Crippen molar-refractivity contribution in [3.8, 4) is 0 Å². The van der Waals surface area contributed by atoms with Crippen molar-refractivity contribution in [2.75, 3.05) is 0 Å². The minimum atomic E-state index is -0.744. The Hall–Kier alpha value is -2.51. The molecule has 3 aliphatic rings. The van der Waals surface area contributed by atoms with E-state index >= 15 is 0 Å². The fourth-order valence-corrected chi connectivity index (χ4v) is 5.15. The standard InChI is InChI=1S/C17H18N2O6/c20-17(12-6-13(18(21)22)8-14(7-12)19(23)24)25-16-5-10-1-9-2-11(3-10)15(16)4-9/h6-11,15-16H,1-5H2/t9-,10+,11-,15-,16-/m0/s1. The minimum Gasteiger partial charge on any atom is -0.458 e. The third kappa shape index (κ3) is 2.85. The molecular formula is C17H18N2O6. The van der Waals surface area contributed by atoms with E-state index in [1.165, 1.54) is 19.3 Å². The average molecular weight is 346 g/mol. The molecule has 8 nitrogen and oxygen atoms in total. The van der Waals surface area contributed by atoms with E-state index in [1.807, 2.05) is 0 Å². The second kappa shape index (κ2) is 5.79. The summed E-state index contributed by atoms with van der Waals surface area (Å²) in [5, 5.41) is 21.9. The minimum absolute atomic E-state index is 0.131. The zero-order valence-electron chi connectivity index (χ0n) is 13.5. The third-order valence-corrected chi connectivity index (χ3v) is 6.01. The van der Waals surface area contributed by atoms with Gasteiger partial charge in [-0.3, -0.25) is 20.2 Å². The highest BCUT2D eigenvalue weighted by molar-refractivity contribution is 5.91. The van der Waals surface area contributed by atoms with Gasteiger partial charge in [0.1, 0.15) is 6.10 Å². The maximum Gasteiger partial charge on any atom is 0.338 e. The number of carbonyl (C=O) groups is 1. The maximum atomic E-state index is 12.5. The first-order valence-corrected chi connectivity index (χ1v) is 8.55. The molecule has 0 spiro atoms. The van der Waals surface area contributed by atoms with Crippen LogP contribution < -0.4 is 0 Å². The Balaban J connectivity index is 1.57. The normalized spacial score (nSPS) is 32.4. The van der Waals surface area contributed by atoms with Crippen LogP contribution in [-0.4, -0.2) is 21.9 Å². The predicted octanol–water partition coefficient (Wildman–Crippen LogP) is 3.48. The Morgan fingerprint density at radius 1 is 0.920 bits per heavy atom. The Morgan fingerprint density at radius 2 is 1.52 bits per heavy atom. The van der Waals surface area contributed by atoms with Gasteiger partial charge < -0.3 is 4.74 Å². The number of nitro groups is 2. The first-order chi connectivity index (χ1) is 11.9. The molecule has 0 N–H and O–H groups in total. The van der Waals surface area contributed by atoms with Crippen molar-refractivity contribution in [1.29, 1.82) is 0 Å². The van der Waals surface area contributed by atoms with E-state index in [2.05, 4.69) is 0 Å². The summed E-state index contributed by atoms with van der Waals surface area (Å²) in [7, 11) is 0. The summed E-state index contributed by atoms with van der Waals surface area (Å²) < 4.78 is 5.67. The Labute approximate surface area is 143 Å². The molecule has 132 valence electrons. The van der Waals surface area contributed by atoms with Gasteiger partial charge in [-0.15, -0.1) is 0 Å². The summed E-state index contributed by atoms with van der Waals surface area (Å²) in [6.45, 7) is 0. The largest absolute Gasteiger partial charge is 0.458 e. The second-order valence-corrected chi connectivity index (χ2v) is 7.53. The SMILES string of the molecule is O=C(O[C@H]1C[C@@H]2C[C@H]3C[C@@H](C2)[C@@H]1C3)c1cc([N+](=O)[O-])cc([N+](=O)[O-])c1. The van der Waals surface area contributed by atoms with Gasteiger partial charge in [-0.05, 0) is 55.8 Å². The number of rotatable bonds is 4. The van der Waals surface area contributed by atoms with Crippen molar-refractivity contribution in [3.05, 3.63) is 44.0 Å². The number of fused-ring (bicyclic) bond motifs is 2. The van der Waals surface area contributed by atoms with Gasteiger partial charge in [0.15, 0.2) is 0 Å². The monoisotopic (exact) mass is 346 g/mol. The fraction of sp³-hybridized carbons (Fsp3) is 0.588. The number of hydrogen-bond acceptors (Lipinski definition) is 6. The third-order valence-electron chi connectivity index (χ3n) is 6.01. The van der Waals surface area contributed by atoms with Gasteiger partial charge >= 0.3 is 5.97 Å². The molecule has 0 saturated heterocycles. The van der Waals surface area contributed by atoms with Gasteiger partial charge in [-0.1, -0.05) is 0 Å². The van der Waals surface area contributed by atoms with E-state index in [0.29, 0.717) is 17.8 Å². The van der Waals surface area contributed by atoms with Crippen molar-refractivity contribution in [2.24, 2.45) is 23.7 Å². The quantitative estimate of drug-likeness (QED) is 0.468. The topological polar surface area (TPSA) is 113 Å². The molecule has 0 heterocycles. The summed E-state index contributed by atoms with van der Waals surface area (Å²) in [5.41, 5.74) is -1.09. The van der Waals surface area contributed by atoms with Crippen LogP contribution >= 0.6 is 0 Å². The first kappa shape index (κ1) is 16.0. The highest BCUT2D eigenvalue weighted by atomic mass is 16.6. The van der Waals surface area contributed by atoms with Gasteiger partial charge in [0, 0.05) is 12.1 Å². The summed E-state index contributed by atoms with van der Waals surface area (Å²) in [5.74, 6) is 1.58. The van der Waals surface area contributed by atoms with E-state index in [0.717, 1.165) is 37.0 Å². The number of non-ortho nitro benzene ring substituents is 2. The van der Waals surface area contributed by atoms with Gasteiger partial charge in [0.25, 0.3) is 11.4 Å². The number of benzene rings is 1. The average Bonchev–Trinajstić information content (AvgIpc) is 2.80. The number of nitro benzene ring substituents is 2. The summed E-state index contributed by atoms with van der Waals surface area (Å²) >= 11 is 0. The summed E-state index contributed by atoms with van der Waals surface area (Å²) in [6, 6.07) is 2.94. The molecule has 25 heavy (non-hydrogen) atoms. The van der Waals surface area contributed by atoms with E-state index in [1.54, 1.807) is 0 Å². The molecule has 3 saturated carbocycles. The molecule has 1 aromatic rings. The van der Waals surface area contributed by atoms with Gasteiger partial charge in [-0.2, -0.15) is 0 Å². The van der Waals surface area contributed by atoms with Crippen LogP contribution in [0.15, 0.2) is 18.2 Å². The lowest BCUT2D eigenvalue weighted by Crippen LogP contribution is -2.37. The van der Waals surface area contributed by atoms with Crippen molar-refractivity contribution in [2.45, 2.75) is 38.2 Å². The lowest BCUT2D eigenvalue weighted by atomic mass is 9.71. The van der Waals surface area contributed by atoms with Crippen LogP contribution in [0.3, 0.4) is 0 Å². The molecule has 4 rings (SSSR count). The predicted molar refractivity (Wildman–Crippen MR) is 86.0 cm³/mol. The van der Waals surface area contributed by atoms with Crippen molar-refractivity contribution < 1.29 is 19.4 Å². The Kier molecular flexibility index (Phi) is 3.70. The van der Waals surface area contributed by atoms with Crippen LogP contribution in [0.25, 0.3) is 0 Å². The van der Waals surface area contributed by atoms with Crippen molar-refractivity contribution in [3.63, 3.8) is 0 Å². The van der Waals surface area contributed by atoms with Crippen molar-refractivity contribution in [1.82, 2.24) is 0 Å². The number of hydrogen-bond donors (Lipinski definition) is 0. The van der Waals surface area contributed by atoms with Crippen LogP contribution in [-0.2, 0) is 4.74 Å². The molecule has 8 heteroatoms. The highest BCUT2D eigenvalue weighted by Crippen LogP contribution is 2.55. The van der Waals surface area contributed by atoms with E-state index < -0.39 is 27.2 Å². The second-order valence-electron chi connectivity index (χ2n) is 7.53. The van der Waals surface area contributed by atoms with Crippen LogP contribution in [0.4, 0.5) is 11.4 Å². The lowest BCUT2D eigenvalue weighted by molar-refractivity contribution is -0.394. The molecule has 1 aromatic carbocycles. The molecule has 0 unspecified atom stereocenters. The van der Waals surface area contributed by atoms with Gasteiger partial charge in [0.05, 0.1) is 21.5 Å². The Bertz CT molecular complexity index is 729. The molecule has 3 bridgehead atoms. The number of ether oxygens (including phenoxy) is 1. The Morgan fingerprint density at radius 3 is 2.12 bits per heavy atom. The molecule has 3 fully saturated rings. The molecule has 0 aliphatic heterocycles. The molecule has 5 atom stereocenters. The highest BCUT2D eigenvalue weighted by Gasteiger charge is 2.50. The van der Waals surface area contributed by atoms with Crippen molar-refractivity contribution >= 4 is 17.3 Å². The molecule has 0 amide bonds. The molecule has 0 aromatic heterocycles. The van der Waals surface area contributed by atoms with Gasteiger partial charge in [-0.25, -0.2) is 4.79 Å². The molecular weight excluding hydrogens is 328 g/mol. The van der Waals surface area contributed by atoms with E-state index in [9.17, 15) is 25.0 Å². The summed E-state index contributed by atoms with van der Waals surface area (Å²) in [4.78, 5) is 33.0. The van der Waals surface area contributed by atoms with E-state index in [-0.39, 0.29) is 11.7 Å². The smallest absolute Gasteiger partial charge is 0.338 e. The molecule has 0 radical (unpaired) electrons. The van der Waals surface area contributed by atoms with Gasteiger partial charge in [0.2, 0.25) is 0 Å². The van der Waals surface area contributed by atoms with Crippen LogP contribution in [0.1, 0.15) is 42.5 Å². The number of carbonyl (C=O) groups excluding carboxylic acids is 1.